The first-order valence-corrected chi connectivity index (χ1v) is 11.9. The molecule has 0 aliphatic carbocycles. The van der Waals surface area contributed by atoms with Gasteiger partial charge in [0.1, 0.15) is 11.5 Å². The molecule has 1 amide bonds. The van der Waals surface area contributed by atoms with E-state index >= 15 is 0 Å². The Labute approximate surface area is 205 Å². The lowest BCUT2D eigenvalue weighted by atomic mass is 9.95. The number of anilines is 1. The molecule has 4 rings (SSSR count). The summed E-state index contributed by atoms with van der Waals surface area (Å²) < 4.78 is 5.76. The number of carbonyl (C=O) groups is 2. The van der Waals surface area contributed by atoms with Gasteiger partial charge in [0.25, 0.3) is 11.7 Å². The number of rotatable bonds is 8. The third-order valence-corrected chi connectivity index (χ3v) is 6.38. The normalized spacial score (nSPS) is 17.1. The molecule has 1 fully saturated rings. The van der Waals surface area contributed by atoms with E-state index < -0.39 is 17.7 Å². The van der Waals surface area contributed by atoms with Crippen LogP contribution in [0.3, 0.4) is 0 Å². The Morgan fingerprint density at radius 3 is 2.34 bits per heavy atom. The molecule has 35 heavy (non-hydrogen) atoms. The Kier molecular flexibility index (Phi) is 7.30. The van der Waals surface area contributed by atoms with Crippen molar-refractivity contribution >= 4 is 23.1 Å². The molecule has 6 nitrogen and oxygen atoms in total. The van der Waals surface area contributed by atoms with Crippen molar-refractivity contribution < 1.29 is 19.4 Å². The Morgan fingerprint density at radius 1 is 0.971 bits per heavy atom. The Bertz CT molecular complexity index is 1250. The summed E-state index contributed by atoms with van der Waals surface area (Å²) in [6.07, 6.45) is 6.43. The first kappa shape index (κ1) is 24.2. The minimum atomic E-state index is -0.773. The van der Waals surface area contributed by atoms with Crippen molar-refractivity contribution in [2.45, 2.75) is 46.1 Å². The monoisotopic (exact) mass is 470 g/mol. The van der Waals surface area contributed by atoms with Crippen LogP contribution in [0.2, 0.25) is 0 Å². The molecule has 1 N–H and O–H groups in total. The Morgan fingerprint density at radius 2 is 1.69 bits per heavy atom. The van der Waals surface area contributed by atoms with Gasteiger partial charge in [0.15, 0.2) is 0 Å². The van der Waals surface area contributed by atoms with Crippen LogP contribution in [0.25, 0.3) is 5.76 Å². The summed E-state index contributed by atoms with van der Waals surface area (Å²) >= 11 is 0. The third kappa shape index (κ3) is 4.97. The second kappa shape index (κ2) is 10.6. The van der Waals surface area contributed by atoms with Gasteiger partial charge in [-0.05, 0) is 85.5 Å². The highest BCUT2D eigenvalue weighted by Gasteiger charge is 2.47. The van der Waals surface area contributed by atoms with Crippen molar-refractivity contribution in [1.29, 1.82) is 0 Å². The summed E-state index contributed by atoms with van der Waals surface area (Å²) in [6, 6.07) is 15.3. The summed E-state index contributed by atoms with van der Waals surface area (Å²) in [5, 5.41) is 11.3. The van der Waals surface area contributed by atoms with Crippen LogP contribution in [0.4, 0.5) is 5.69 Å². The van der Waals surface area contributed by atoms with E-state index in [1.54, 1.807) is 48.8 Å². The van der Waals surface area contributed by atoms with Crippen LogP contribution in [0, 0.1) is 13.8 Å². The van der Waals surface area contributed by atoms with E-state index in [-0.39, 0.29) is 11.3 Å². The molecule has 1 saturated heterocycles. The van der Waals surface area contributed by atoms with Gasteiger partial charge in [0, 0.05) is 23.6 Å². The predicted molar refractivity (Wildman–Crippen MR) is 136 cm³/mol. The lowest BCUT2D eigenvalue weighted by molar-refractivity contribution is -0.132. The van der Waals surface area contributed by atoms with Crippen LogP contribution in [-0.4, -0.2) is 28.4 Å². The maximum atomic E-state index is 13.3. The number of aliphatic hydroxyl groups is 1. The van der Waals surface area contributed by atoms with E-state index in [1.807, 2.05) is 32.0 Å². The third-order valence-electron chi connectivity index (χ3n) is 6.38. The van der Waals surface area contributed by atoms with Crippen molar-refractivity contribution in [2.75, 3.05) is 11.5 Å². The molecule has 6 heteroatoms. The van der Waals surface area contributed by atoms with E-state index in [9.17, 15) is 14.7 Å². The van der Waals surface area contributed by atoms with Crippen molar-refractivity contribution in [1.82, 2.24) is 4.98 Å². The molecule has 3 aromatic rings. The fraction of sp³-hybridized carbons (Fsp3) is 0.276. The molecule has 1 aromatic heterocycles. The maximum absolute atomic E-state index is 13.3. The number of carbonyl (C=O) groups excluding carboxylic acids is 2. The number of benzene rings is 2. The highest BCUT2D eigenvalue weighted by molar-refractivity contribution is 6.51. The minimum Gasteiger partial charge on any atom is -0.507 e. The van der Waals surface area contributed by atoms with E-state index in [0.717, 1.165) is 30.4 Å². The summed E-state index contributed by atoms with van der Waals surface area (Å²) in [7, 11) is 0. The number of amides is 1. The van der Waals surface area contributed by atoms with Crippen molar-refractivity contribution in [2.24, 2.45) is 0 Å². The quantitative estimate of drug-likeness (QED) is 0.192. The number of pyridine rings is 1. The summed E-state index contributed by atoms with van der Waals surface area (Å²) in [6.45, 7) is 6.72. The highest BCUT2D eigenvalue weighted by atomic mass is 16.5. The van der Waals surface area contributed by atoms with Gasteiger partial charge in [-0.15, -0.1) is 0 Å². The second-order valence-electron chi connectivity index (χ2n) is 8.80. The average Bonchev–Trinajstić information content (AvgIpc) is 3.14. The number of Topliss-reactive ketones (excluding diaryl/α,β-unsaturated/α-hetero) is 1. The van der Waals surface area contributed by atoms with Crippen LogP contribution in [-0.2, 0) is 9.59 Å². The standard InChI is InChI=1S/C29H30N2O4/c1-4-5-6-17-35-24-11-8-22(9-12-24)27(32)25-26(21-13-15-30-16-14-21)31(29(34)28(25)33)23-10-7-19(2)20(3)18-23/h7-16,18,26,32H,4-6,17H2,1-3H3/b27-25+. The fourth-order valence-corrected chi connectivity index (χ4v) is 4.24. The molecule has 0 saturated carbocycles. The van der Waals surface area contributed by atoms with Gasteiger partial charge in [-0.1, -0.05) is 25.8 Å². The number of aryl methyl sites for hydroxylation is 2. The second-order valence-corrected chi connectivity index (χ2v) is 8.80. The SMILES string of the molecule is CCCCCOc1ccc(/C(O)=C2\C(=O)C(=O)N(c3ccc(C)c(C)c3)C2c2ccncc2)cc1. The molecule has 1 atom stereocenters. The number of aliphatic hydroxyl groups excluding tert-OH is 1. The number of ether oxygens (including phenoxy) is 1. The summed E-state index contributed by atoms with van der Waals surface area (Å²) in [5.41, 5.74) is 3.89. The molecular formula is C29H30N2O4. The molecule has 0 radical (unpaired) electrons. The molecule has 0 spiro atoms. The molecule has 180 valence electrons. The first-order valence-electron chi connectivity index (χ1n) is 11.9. The molecular weight excluding hydrogens is 440 g/mol. The number of hydrogen-bond donors (Lipinski definition) is 1. The van der Waals surface area contributed by atoms with Crippen LogP contribution in [0.5, 0.6) is 5.75 Å². The number of nitrogens with zero attached hydrogens (tertiary/aromatic N) is 2. The summed E-state index contributed by atoms with van der Waals surface area (Å²) in [5.74, 6) is -0.914. The van der Waals surface area contributed by atoms with Crippen molar-refractivity contribution in [3.63, 3.8) is 0 Å². The molecule has 2 heterocycles. The van der Waals surface area contributed by atoms with E-state index in [1.165, 1.54) is 4.90 Å². The smallest absolute Gasteiger partial charge is 0.300 e. The Hall–Kier alpha value is -3.93. The lowest BCUT2D eigenvalue weighted by Gasteiger charge is -2.26. The lowest BCUT2D eigenvalue weighted by Crippen LogP contribution is -2.29. The zero-order chi connectivity index (χ0) is 24.9. The van der Waals surface area contributed by atoms with Gasteiger partial charge in [0.2, 0.25) is 0 Å². The van der Waals surface area contributed by atoms with Crippen LogP contribution < -0.4 is 9.64 Å². The topological polar surface area (TPSA) is 79.7 Å². The van der Waals surface area contributed by atoms with Crippen LogP contribution in [0.1, 0.15) is 54.5 Å². The first-order chi connectivity index (χ1) is 16.9. The van der Waals surface area contributed by atoms with Crippen LogP contribution in [0.15, 0.2) is 72.6 Å². The number of aromatic nitrogens is 1. The van der Waals surface area contributed by atoms with E-state index in [2.05, 4.69) is 11.9 Å². The van der Waals surface area contributed by atoms with Gasteiger partial charge in [0.05, 0.1) is 18.2 Å². The largest absolute Gasteiger partial charge is 0.507 e. The van der Waals surface area contributed by atoms with Gasteiger partial charge < -0.3 is 9.84 Å². The molecule has 1 aliphatic heterocycles. The van der Waals surface area contributed by atoms with Gasteiger partial charge >= 0.3 is 0 Å². The average molecular weight is 471 g/mol. The van der Waals surface area contributed by atoms with Crippen molar-refractivity contribution in [3.8, 4) is 5.75 Å². The molecule has 1 aliphatic rings. The van der Waals surface area contributed by atoms with Gasteiger partial charge in [-0.25, -0.2) is 0 Å². The maximum Gasteiger partial charge on any atom is 0.300 e. The fourth-order valence-electron chi connectivity index (χ4n) is 4.24. The molecule has 2 aromatic carbocycles. The number of unbranched alkanes of at least 4 members (excludes halogenated alkanes) is 2. The minimum absolute atomic E-state index is 0.0519. The number of ketones is 1. The number of hydrogen-bond acceptors (Lipinski definition) is 5. The van der Waals surface area contributed by atoms with E-state index in [4.69, 9.17) is 4.74 Å². The zero-order valence-electron chi connectivity index (χ0n) is 20.3. The van der Waals surface area contributed by atoms with Crippen LogP contribution >= 0.6 is 0 Å². The van der Waals surface area contributed by atoms with Gasteiger partial charge in [-0.3, -0.25) is 19.5 Å². The molecule has 0 bridgehead atoms. The van der Waals surface area contributed by atoms with Crippen molar-refractivity contribution in [3.05, 3.63) is 94.8 Å². The Balaban J connectivity index is 1.75. The van der Waals surface area contributed by atoms with Gasteiger partial charge in [-0.2, -0.15) is 0 Å². The zero-order valence-corrected chi connectivity index (χ0v) is 20.3. The predicted octanol–water partition coefficient (Wildman–Crippen LogP) is 5.89. The molecule has 1 unspecified atom stereocenters. The summed E-state index contributed by atoms with van der Waals surface area (Å²) in [4.78, 5) is 32.0. The highest BCUT2D eigenvalue weighted by Crippen LogP contribution is 2.42. The van der Waals surface area contributed by atoms with E-state index in [0.29, 0.717) is 29.2 Å².